The van der Waals surface area contributed by atoms with E-state index in [9.17, 15) is 4.79 Å². The molecule has 1 aromatic carbocycles. The van der Waals surface area contributed by atoms with Gasteiger partial charge in [-0.25, -0.2) is 4.98 Å². The van der Waals surface area contributed by atoms with Gasteiger partial charge in [-0.3, -0.25) is 4.79 Å². The number of hydrogen-bond acceptors (Lipinski definition) is 4. The molecule has 1 saturated carbocycles. The molecule has 3 rings (SSSR count). The van der Waals surface area contributed by atoms with E-state index in [-0.39, 0.29) is 23.9 Å². The Hall–Kier alpha value is -2.34. The largest absolute Gasteiger partial charge is 0.497 e. The molecule has 3 N–H and O–H groups in total. The van der Waals surface area contributed by atoms with Crippen molar-refractivity contribution in [3.05, 3.63) is 48.0 Å². The Bertz CT molecular complexity index is 695. The molecule has 1 heterocycles. The number of aromatic nitrogens is 2. The molecule has 24 heavy (non-hydrogen) atoms. The van der Waals surface area contributed by atoms with Gasteiger partial charge in [0, 0.05) is 31.4 Å². The Kier molecular flexibility index (Phi) is 4.85. The minimum absolute atomic E-state index is 0.0129. The highest BCUT2D eigenvalue weighted by Gasteiger charge is 2.30. The first-order valence-electron chi connectivity index (χ1n) is 8.25. The van der Waals surface area contributed by atoms with Crippen LogP contribution in [0.1, 0.15) is 36.7 Å². The van der Waals surface area contributed by atoms with E-state index in [0.29, 0.717) is 0 Å². The molecule has 3 unspecified atom stereocenters. The van der Waals surface area contributed by atoms with Crippen LogP contribution in [0.25, 0.3) is 0 Å². The third-order valence-corrected chi connectivity index (χ3v) is 4.70. The summed E-state index contributed by atoms with van der Waals surface area (Å²) in [5, 5.41) is 3.16. The van der Waals surface area contributed by atoms with Gasteiger partial charge < -0.3 is 20.4 Å². The van der Waals surface area contributed by atoms with Gasteiger partial charge in [-0.2, -0.15) is 0 Å². The molecule has 0 bridgehead atoms. The molecule has 1 aliphatic rings. The summed E-state index contributed by atoms with van der Waals surface area (Å²) >= 11 is 0. The summed E-state index contributed by atoms with van der Waals surface area (Å²) in [6.45, 7) is 0. The average Bonchev–Trinajstić information content (AvgIpc) is 3.21. The van der Waals surface area contributed by atoms with Crippen LogP contribution in [0, 0.1) is 5.92 Å². The average molecular weight is 328 g/mol. The lowest BCUT2D eigenvalue weighted by atomic mass is 10.0. The molecule has 1 amide bonds. The van der Waals surface area contributed by atoms with Crippen molar-refractivity contribution in [2.45, 2.75) is 31.3 Å². The molecule has 0 aliphatic heterocycles. The van der Waals surface area contributed by atoms with Gasteiger partial charge in [0.05, 0.1) is 7.11 Å². The van der Waals surface area contributed by atoms with Crippen LogP contribution < -0.4 is 15.8 Å². The number of nitrogens with two attached hydrogens (primary N) is 1. The second-order valence-corrected chi connectivity index (χ2v) is 6.38. The van der Waals surface area contributed by atoms with Gasteiger partial charge >= 0.3 is 0 Å². The van der Waals surface area contributed by atoms with E-state index in [1.807, 2.05) is 42.1 Å². The van der Waals surface area contributed by atoms with E-state index < -0.39 is 0 Å². The fraction of sp³-hybridized carbons (Fsp3) is 0.444. The van der Waals surface area contributed by atoms with E-state index in [2.05, 4.69) is 10.3 Å². The fourth-order valence-corrected chi connectivity index (χ4v) is 3.26. The van der Waals surface area contributed by atoms with Crippen LogP contribution in [0.5, 0.6) is 5.75 Å². The van der Waals surface area contributed by atoms with Gasteiger partial charge in [0.25, 0.3) is 0 Å². The summed E-state index contributed by atoms with van der Waals surface area (Å²) in [4.78, 5) is 17.1. The molecule has 6 nitrogen and oxygen atoms in total. The van der Waals surface area contributed by atoms with E-state index in [1.54, 1.807) is 13.3 Å². The zero-order valence-electron chi connectivity index (χ0n) is 14.1. The summed E-state index contributed by atoms with van der Waals surface area (Å²) in [5.74, 6) is 1.62. The third kappa shape index (κ3) is 3.43. The lowest BCUT2D eigenvalue weighted by Crippen LogP contribution is -2.35. The van der Waals surface area contributed by atoms with Crippen molar-refractivity contribution in [1.82, 2.24) is 14.9 Å². The van der Waals surface area contributed by atoms with Crippen molar-refractivity contribution < 1.29 is 9.53 Å². The number of carbonyl (C=O) groups excluding carboxylic acids is 1. The van der Waals surface area contributed by atoms with Gasteiger partial charge in [0.2, 0.25) is 5.91 Å². The second-order valence-electron chi connectivity index (χ2n) is 6.38. The lowest BCUT2D eigenvalue weighted by Gasteiger charge is -2.21. The highest BCUT2D eigenvalue weighted by Crippen LogP contribution is 2.27. The smallest absolute Gasteiger partial charge is 0.224 e. The number of rotatable bonds is 5. The van der Waals surface area contributed by atoms with Crippen LogP contribution in [0.2, 0.25) is 0 Å². The maximum atomic E-state index is 12.7. The predicted molar refractivity (Wildman–Crippen MR) is 91.5 cm³/mol. The number of imidazole rings is 1. The topological polar surface area (TPSA) is 82.2 Å². The van der Waals surface area contributed by atoms with E-state index in [4.69, 9.17) is 10.5 Å². The maximum absolute atomic E-state index is 12.7. The molecular formula is C18H24N4O2. The second kappa shape index (κ2) is 7.05. The van der Waals surface area contributed by atoms with Crippen molar-refractivity contribution in [1.29, 1.82) is 0 Å². The SMILES string of the molecule is COc1ccc(C(NC(=O)C2CCC(N)C2)c2nccn2C)cc1. The van der Waals surface area contributed by atoms with E-state index >= 15 is 0 Å². The highest BCUT2D eigenvalue weighted by atomic mass is 16.5. The number of methoxy groups -OCH3 is 1. The predicted octanol–water partition coefficient (Wildman–Crippen LogP) is 1.76. The van der Waals surface area contributed by atoms with Gasteiger partial charge in [-0.1, -0.05) is 12.1 Å². The molecule has 0 saturated heterocycles. The first-order valence-corrected chi connectivity index (χ1v) is 8.25. The molecule has 1 aromatic heterocycles. The van der Waals surface area contributed by atoms with Crippen LogP contribution >= 0.6 is 0 Å². The van der Waals surface area contributed by atoms with E-state index in [1.165, 1.54) is 0 Å². The maximum Gasteiger partial charge on any atom is 0.224 e. The molecule has 0 radical (unpaired) electrons. The molecule has 128 valence electrons. The monoisotopic (exact) mass is 328 g/mol. The quantitative estimate of drug-likeness (QED) is 0.876. The first kappa shape index (κ1) is 16.5. The van der Waals surface area contributed by atoms with Crippen LogP contribution in [-0.2, 0) is 11.8 Å². The number of carbonyl (C=O) groups is 1. The zero-order chi connectivity index (χ0) is 17.1. The number of benzene rings is 1. The zero-order valence-corrected chi connectivity index (χ0v) is 14.1. The Labute approximate surface area is 142 Å². The molecule has 2 aromatic rings. The molecule has 6 heteroatoms. The number of nitrogens with one attached hydrogen (secondary N) is 1. The summed E-state index contributed by atoms with van der Waals surface area (Å²) < 4.78 is 7.14. The molecule has 3 atom stereocenters. The van der Waals surface area contributed by atoms with Crippen LogP contribution in [0.4, 0.5) is 0 Å². The number of amides is 1. The molecule has 0 spiro atoms. The van der Waals surface area contributed by atoms with Crippen molar-refractivity contribution in [3.63, 3.8) is 0 Å². The third-order valence-electron chi connectivity index (χ3n) is 4.70. The fourth-order valence-electron chi connectivity index (χ4n) is 3.26. The summed E-state index contributed by atoms with van der Waals surface area (Å²) in [6, 6.07) is 7.54. The molecule has 1 fully saturated rings. The van der Waals surface area contributed by atoms with E-state index in [0.717, 1.165) is 36.4 Å². The molecule has 1 aliphatic carbocycles. The Morgan fingerprint density at radius 3 is 2.67 bits per heavy atom. The van der Waals surface area contributed by atoms with Crippen LogP contribution in [-0.4, -0.2) is 28.6 Å². The first-order chi connectivity index (χ1) is 11.6. The summed E-state index contributed by atoms with van der Waals surface area (Å²) in [7, 11) is 3.56. The Balaban J connectivity index is 1.85. The van der Waals surface area contributed by atoms with Gasteiger partial charge in [0.1, 0.15) is 17.6 Å². The van der Waals surface area contributed by atoms with Crippen LogP contribution in [0.3, 0.4) is 0 Å². The van der Waals surface area contributed by atoms with Gasteiger partial charge in [0.15, 0.2) is 0 Å². The Morgan fingerprint density at radius 1 is 1.38 bits per heavy atom. The number of aryl methyl sites for hydroxylation is 1. The van der Waals surface area contributed by atoms with Crippen LogP contribution in [0.15, 0.2) is 36.7 Å². The van der Waals surface area contributed by atoms with Crippen molar-refractivity contribution in [2.75, 3.05) is 7.11 Å². The minimum Gasteiger partial charge on any atom is -0.497 e. The number of hydrogen-bond donors (Lipinski definition) is 2. The number of nitrogens with zero attached hydrogens (tertiary/aromatic N) is 2. The van der Waals surface area contributed by atoms with Gasteiger partial charge in [-0.05, 0) is 37.0 Å². The number of ether oxygens (including phenoxy) is 1. The standard InChI is InChI=1S/C18H24N4O2/c1-22-10-9-20-17(22)16(12-4-7-15(24-2)8-5-12)21-18(23)13-3-6-14(19)11-13/h4-5,7-10,13-14,16H,3,6,11,19H2,1-2H3,(H,21,23). The lowest BCUT2D eigenvalue weighted by molar-refractivity contribution is -0.125. The normalized spacial score (nSPS) is 21.5. The minimum atomic E-state index is -0.291. The van der Waals surface area contributed by atoms with Crippen molar-refractivity contribution in [3.8, 4) is 5.75 Å². The van der Waals surface area contributed by atoms with Gasteiger partial charge in [-0.15, -0.1) is 0 Å². The van der Waals surface area contributed by atoms with Crippen molar-refractivity contribution in [2.24, 2.45) is 18.7 Å². The Morgan fingerprint density at radius 2 is 2.12 bits per heavy atom. The summed E-state index contributed by atoms with van der Waals surface area (Å²) in [6.07, 6.45) is 6.13. The molecular weight excluding hydrogens is 304 g/mol. The highest BCUT2D eigenvalue weighted by molar-refractivity contribution is 5.79. The van der Waals surface area contributed by atoms with Crippen molar-refractivity contribution >= 4 is 5.91 Å². The summed E-state index contributed by atoms with van der Waals surface area (Å²) in [5.41, 5.74) is 6.92.